The highest BCUT2D eigenvalue weighted by Crippen LogP contribution is 2.27. The number of methoxy groups -OCH3 is 1. The molecule has 0 spiro atoms. The van der Waals surface area contributed by atoms with Crippen molar-refractivity contribution >= 4 is 22.9 Å². The SMILES string of the molecule is COCCNC(c1ccc(Cl)c(F)c1)c1nc(C)cs1. The number of aromatic nitrogens is 1. The molecular formula is C14H16ClFN2OS. The number of hydrogen-bond acceptors (Lipinski definition) is 4. The Bertz CT molecular complexity index is 576. The van der Waals surface area contributed by atoms with Crippen LogP contribution in [0, 0.1) is 12.7 Å². The maximum absolute atomic E-state index is 13.6. The zero-order valence-electron chi connectivity index (χ0n) is 11.3. The van der Waals surface area contributed by atoms with E-state index in [2.05, 4.69) is 10.3 Å². The Balaban J connectivity index is 2.27. The summed E-state index contributed by atoms with van der Waals surface area (Å²) in [6.45, 7) is 3.18. The number of nitrogens with one attached hydrogen (secondary N) is 1. The maximum atomic E-state index is 13.6. The fourth-order valence-corrected chi connectivity index (χ4v) is 2.86. The number of nitrogens with zero attached hydrogens (tertiary/aromatic N) is 1. The predicted molar refractivity (Wildman–Crippen MR) is 80.0 cm³/mol. The Labute approximate surface area is 126 Å². The fraction of sp³-hybridized carbons (Fsp3) is 0.357. The van der Waals surface area contributed by atoms with Crippen LogP contribution in [0.5, 0.6) is 0 Å². The van der Waals surface area contributed by atoms with Crippen LogP contribution in [0.4, 0.5) is 4.39 Å². The van der Waals surface area contributed by atoms with Crippen molar-refractivity contribution < 1.29 is 9.13 Å². The van der Waals surface area contributed by atoms with Gasteiger partial charge in [-0.15, -0.1) is 11.3 Å². The van der Waals surface area contributed by atoms with Gasteiger partial charge in [-0.3, -0.25) is 0 Å². The summed E-state index contributed by atoms with van der Waals surface area (Å²) in [6, 6.07) is 4.67. The van der Waals surface area contributed by atoms with Crippen molar-refractivity contribution in [3.63, 3.8) is 0 Å². The van der Waals surface area contributed by atoms with Crippen molar-refractivity contribution in [1.29, 1.82) is 0 Å². The summed E-state index contributed by atoms with van der Waals surface area (Å²) in [7, 11) is 1.65. The summed E-state index contributed by atoms with van der Waals surface area (Å²) in [4.78, 5) is 4.48. The minimum Gasteiger partial charge on any atom is -0.383 e. The lowest BCUT2D eigenvalue weighted by atomic mass is 10.1. The first-order valence-electron chi connectivity index (χ1n) is 6.21. The van der Waals surface area contributed by atoms with Crippen LogP contribution >= 0.6 is 22.9 Å². The van der Waals surface area contributed by atoms with E-state index in [-0.39, 0.29) is 11.1 Å². The Morgan fingerprint density at radius 1 is 1.50 bits per heavy atom. The fourth-order valence-electron chi connectivity index (χ4n) is 1.85. The van der Waals surface area contributed by atoms with Gasteiger partial charge in [-0.05, 0) is 24.6 Å². The number of benzene rings is 1. The van der Waals surface area contributed by atoms with Gasteiger partial charge in [0.2, 0.25) is 0 Å². The molecule has 108 valence electrons. The normalized spacial score (nSPS) is 12.6. The molecule has 3 nitrogen and oxygen atoms in total. The molecular weight excluding hydrogens is 299 g/mol. The van der Waals surface area contributed by atoms with Crippen LogP contribution in [0.25, 0.3) is 0 Å². The van der Waals surface area contributed by atoms with Crippen LogP contribution < -0.4 is 5.32 Å². The third-order valence-electron chi connectivity index (χ3n) is 2.82. The summed E-state index contributed by atoms with van der Waals surface area (Å²) in [5.41, 5.74) is 1.76. The van der Waals surface area contributed by atoms with Crippen LogP contribution in [0.1, 0.15) is 22.3 Å². The molecule has 2 rings (SSSR count). The Morgan fingerprint density at radius 2 is 2.30 bits per heavy atom. The van der Waals surface area contributed by atoms with Crippen molar-refractivity contribution in [2.75, 3.05) is 20.3 Å². The van der Waals surface area contributed by atoms with Gasteiger partial charge >= 0.3 is 0 Å². The molecule has 1 heterocycles. The average molecular weight is 315 g/mol. The van der Waals surface area contributed by atoms with Crippen LogP contribution in [-0.4, -0.2) is 25.2 Å². The molecule has 0 aliphatic carbocycles. The molecule has 1 atom stereocenters. The number of hydrogen-bond donors (Lipinski definition) is 1. The van der Waals surface area contributed by atoms with Crippen LogP contribution in [-0.2, 0) is 4.74 Å². The number of aryl methyl sites for hydroxylation is 1. The molecule has 0 aliphatic heterocycles. The molecule has 0 bridgehead atoms. The third-order valence-corrected chi connectivity index (χ3v) is 4.15. The zero-order chi connectivity index (χ0) is 14.5. The molecule has 0 radical (unpaired) electrons. The molecule has 0 saturated carbocycles. The van der Waals surface area contributed by atoms with Gasteiger partial charge in [-0.25, -0.2) is 9.37 Å². The number of halogens is 2. The lowest BCUT2D eigenvalue weighted by Crippen LogP contribution is -2.26. The van der Waals surface area contributed by atoms with Crippen LogP contribution in [0.3, 0.4) is 0 Å². The van der Waals surface area contributed by atoms with E-state index in [1.807, 2.05) is 18.4 Å². The number of thiazole rings is 1. The van der Waals surface area contributed by atoms with Crippen molar-refractivity contribution in [1.82, 2.24) is 10.3 Å². The third kappa shape index (κ3) is 3.76. The molecule has 1 unspecified atom stereocenters. The molecule has 1 aromatic heterocycles. The van der Waals surface area contributed by atoms with Gasteiger partial charge < -0.3 is 10.1 Å². The van der Waals surface area contributed by atoms with Gasteiger partial charge in [-0.2, -0.15) is 0 Å². The Hall–Kier alpha value is -1.01. The second kappa shape index (κ2) is 7.13. The lowest BCUT2D eigenvalue weighted by molar-refractivity contribution is 0.197. The first-order valence-corrected chi connectivity index (χ1v) is 7.47. The molecule has 2 aromatic rings. The molecule has 20 heavy (non-hydrogen) atoms. The first kappa shape index (κ1) is 15.4. The maximum Gasteiger partial charge on any atom is 0.142 e. The van der Waals surface area contributed by atoms with Crippen molar-refractivity contribution in [2.24, 2.45) is 0 Å². The highest BCUT2D eigenvalue weighted by atomic mass is 35.5. The molecule has 0 aliphatic rings. The molecule has 0 amide bonds. The van der Waals surface area contributed by atoms with Gasteiger partial charge in [0, 0.05) is 24.7 Å². The standard InChI is InChI=1S/C14H16ClFN2OS/c1-9-8-20-14(18-9)13(17-5-6-19-2)10-3-4-11(15)12(16)7-10/h3-4,7-8,13,17H,5-6H2,1-2H3. The number of rotatable bonds is 6. The largest absolute Gasteiger partial charge is 0.383 e. The molecule has 0 fully saturated rings. The van der Waals surface area contributed by atoms with Crippen molar-refractivity contribution in [3.8, 4) is 0 Å². The summed E-state index contributed by atoms with van der Waals surface area (Å²) in [5, 5.41) is 6.33. The molecule has 6 heteroatoms. The molecule has 0 saturated heterocycles. The summed E-state index contributed by atoms with van der Waals surface area (Å²) >= 11 is 7.28. The second-order valence-corrected chi connectivity index (χ2v) is 5.68. The monoisotopic (exact) mass is 314 g/mol. The van der Waals surface area contributed by atoms with E-state index in [1.54, 1.807) is 24.5 Å². The van der Waals surface area contributed by atoms with Crippen molar-refractivity contribution in [3.05, 3.63) is 50.7 Å². The Morgan fingerprint density at radius 3 is 2.90 bits per heavy atom. The van der Waals surface area contributed by atoms with E-state index in [4.69, 9.17) is 16.3 Å². The van der Waals surface area contributed by atoms with Crippen LogP contribution in [0.2, 0.25) is 5.02 Å². The van der Waals surface area contributed by atoms with Gasteiger partial charge in [0.25, 0.3) is 0 Å². The van der Waals surface area contributed by atoms with E-state index in [9.17, 15) is 4.39 Å². The number of ether oxygens (including phenoxy) is 1. The van der Waals surface area contributed by atoms with E-state index >= 15 is 0 Å². The second-order valence-electron chi connectivity index (χ2n) is 4.38. The Kier molecular flexibility index (Phi) is 5.48. The average Bonchev–Trinajstić information content (AvgIpc) is 2.85. The predicted octanol–water partition coefficient (Wildman–Crippen LogP) is 3.57. The van der Waals surface area contributed by atoms with Gasteiger partial charge in [-0.1, -0.05) is 17.7 Å². The summed E-state index contributed by atoms with van der Waals surface area (Å²) in [5.74, 6) is -0.420. The quantitative estimate of drug-likeness (QED) is 0.828. The summed E-state index contributed by atoms with van der Waals surface area (Å²) < 4.78 is 18.7. The van der Waals surface area contributed by atoms with E-state index in [0.717, 1.165) is 16.3 Å². The van der Waals surface area contributed by atoms with E-state index in [0.29, 0.717) is 13.2 Å². The first-order chi connectivity index (χ1) is 9.61. The zero-order valence-corrected chi connectivity index (χ0v) is 12.9. The highest BCUT2D eigenvalue weighted by Gasteiger charge is 2.18. The minimum atomic E-state index is -0.420. The molecule has 1 aromatic carbocycles. The smallest absolute Gasteiger partial charge is 0.142 e. The highest BCUT2D eigenvalue weighted by molar-refractivity contribution is 7.09. The van der Waals surface area contributed by atoms with Gasteiger partial charge in [0.05, 0.1) is 17.7 Å². The topological polar surface area (TPSA) is 34.1 Å². The van der Waals surface area contributed by atoms with Crippen molar-refractivity contribution in [2.45, 2.75) is 13.0 Å². The van der Waals surface area contributed by atoms with E-state index < -0.39 is 5.82 Å². The lowest BCUT2D eigenvalue weighted by Gasteiger charge is -2.17. The van der Waals surface area contributed by atoms with Gasteiger partial charge in [0.1, 0.15) is 10.8 Å². The molecule has 1 N–H and O–H groups in total. The van der Waals surface area contributed by atoms with Gasteiger partial charge in [0.15, 0.2) is 0 Å². The van der Waals surface area contributed by atoms with E-state index in [1.165, 1.54) is 6.07 Å². The minimum absolute atomic E-state index is 0.125. The summed E-state index contributed by atoms with van der Waals surface area (Å²) in [6.07, 6.45) is 0. The van der Waals surface area contributed by atoms with Crippen LogP contribution in [0.15, 0.2) is 23.6 Å².